The maximum absolute atomic E-state index is 11.5. The Balaban J connectivity index is 2.36. The van der Waals surface area contributed by atoms with Crippen molar-refractivity contribution >= 4 is 17.0 Å². The standard InChI is InChI=1S/C15H20N2O2/c1-4-15(5-2,14(18)19)9-13-16-11-7-6-10(3)8-12(11)17-13/h6-8H,4-5,9H2,1-3H3,(H,16,17)(H,18,19). The first-order valence-corrected chi connectivity index (χ1v) is 6.69. The van der Waals surface area contributed by atoms with Gasteiger partial charge in [0.2, 0.25) is 0 Å². The number of imidazole rings is 1. The number of aromatic nitrogens is 2. The first-order valence-electron chi connectivity index (χ1n) is 6.69. The summed E-state index contributed by atoms with van der Waals surface area (Å²) in [6.45, 7) is 5.87. The third-order valence-corrected chi connectivity index (χ3v) is 4.00. The van der Waals surface area contributed by atoms with Crippen LogP contribution in [0.3, 0.4) is 0 Å². The molecule has 0 atom stereocenters. The number of rotatable bonds is 5. The van der Waals surface area contributed by atoms with Crippen LogP contribution in [0.25, 0.3) is 11.0 Å². The third kappa shape index (κ3) is 2.48. The summed E-state index contributed by atoms with van der Waals surface area (Å²) in [4.78, 5) is 19.3. The lowest BCUT2D eigenvalue weighted by atomic mass is 9.79. The summed E-state index contributed by atoms with van der Waals surface area (Å²) in [5, 5.41) is 9.46. The van der Waals surface area contributed by atoms with E-state index in [-0.39, 0.29) is 0 Å². The number of benzene rings is 1. The molecule has 0 aliphatic carbocycles. The zero-order valence-electron chi connectivity index (χ0n) is 11.7. The predicted molar refractivity (Wildman–Crippen MR) is 75.2 cm³/mol. The maximum atomic E-state index is 11.5. The van der Waals surface area contributed by atoms with Crippen molar-refractivity contribution in [2.75, 3.05) is 0 Å². The lowest BCUT2D eigenvalue weighted by Crippen LogP contribution is -2.32. The number of nitrogens with zero attached hydrogens (tertiary/aromatic N) is 1. The highest BCUT2D eigenvalue weighted by atomic mass is 16.4. The zero-order valence-corrected chi connectivity index (χ0v) is 11.7. The van der Waals surface area contributed by atoms with E-state index in [2.05, 4.69) is 9.97 Å². The van der Waals surface area contributed by atoms with E-state index in [9.17, 15) is 9.90 Å². The molecule has 0 saturated carbocycles. The van der Waals surface area contributed by atoms with Gasteiger partial charge < -0.3 is 10.1 Å². The fraction of sp³-hybridized carbons (Fsp3) is 0.467. The van der Waals surface area contributed by atoms with Crippen molar-refractivity contribution in [1.82, 2.24) is 9.97 Å². The molecule has 0 bridgehead atoms. The highest BCUT2D eigenvalue weighted by Crippen LogP contribution is 2.31. The van der Waals surface area contributed by atoms with E-state index in [1.54, 1.807) is 0 Å². The molecule has 2 aromatic rings. The van der Waals surface area contributed by atoms with Gasteiger partial charge in [0.1, 0.15) is 5.82 Å². The molecule has 2 rings (SSSR count). The molecule has 102 valence electrons. The number of hydrogen-bond acceptors (Lipinski definition) is 2. The Bertz CT molecular complexity index is 597. The summed E-state index contributed by atoms with van der Waals surface area (Å²) in [7, 11) is 0. The van der Waals surface area contributed by atoms with Gasteiger partial charge in [0.05, 0.1) is 16.4 Å². The van der Waals surface area contributed by atoms with E-state index in [0.717, 1.165) is 22.4 Å². The molecule has 0 spiro atoms. The minimum Gasteiger partial charge on any atom is -0.481 e. The number of carboxylic acid groups (broad SMARTS) is 1. The molecule has 0 fully saturated rings. The average Bonchev–Trinajstić information content (AvgIpc) is 2.77. The Morgan fingerprint density at radius 1 is 1.37 bits per heavy atom. The van der Waals surface area contributed by atoms with Crippen LogP contribution in [0.4, 0.5) is 0 Å². The first-order chi connectivity index (χ1) is 9.00. The number of carbonyl (C=O) groups is 1. The summed E-state index contributed by atoms with van der Waals surface area (Å²) < 4.78 is 0. The number of nitrogens with one attached hydrogen (secondary N) is 1. The van der Waals surface area contributed by atoms with Gasteiger partial charge in [-0.25, -0.2) is 4.98 Å². The fourth-order valence-corrected chi connectivity index (χ4v) is 2.46. The first kappa shape index (κ1) is 13.6. The van der Waals surface area contributed by atoms with Gasteiger partial charge in [-0.1, -0.05) is 19.9 Å². The van der Waals surface area contributed by atoms with Crippen LogP contribution < -0.4 is 0 Å². The van der Waals surface area contributed by atoms with Crippen LogP contribution in [-0.4, -0.2) is 21.0 Å². The van der Waals surface area contributed by atoms with E-state index < -0.39 is 11.4 Å². The molecule has 1 aromatic heterocycles. The molecular weight excluding hydrogens is 240 g/mol. The van der Waals surface area contributed by atoms with Crippen LogP contribution >= 0.6 is 0 Å². The van der Waals surface area contributed by atoms with Gasteiger partial charge in [0.25, 0.3) is 0 Å². The Morgan fingerprint density at radius 3 is 2.63 bits per heavy atom. The molecule has 1 heterocycles. The van der Waals surface area contributed by atoms with Crippen molar-refractivity contribution in [2.45, 2.75) is 40.0 Å². The normalized spacial score (nSPS) is 11.9. The minimum atomic E-state index is -0.742. The maximum Gasteiger partial charge on any atom is 0.310 e. The van der Waals surface area contributed by atoms with Gasteiger partial charge in [-0.15, -0.1) is 0 Å². The molecule has 4 nitrogen and oxygen atoms in total. The second kappa shape index (κ2) is 5.03. The summed E-state index contributed by atoms with van der Waals surface area (Å²) in [5.41, 5.74) is 2.31. The summed E-state index contributed by atoms with van der Waals surface area (Å²) in [6, 6.07) is 6.01. The largest absolute Gasteiger partial charge is 0.481 e. The quantitative estimate of drug-likeness (QED) is 0.866. The zero-order chi connectivity index (χ0) is 14.0. The fourth-order valence-electron chi connectivity index (χ4n) is 2.46. The number of aromatic amines is 1. The van der Waals surface area contributed by atoms with Gasteiger partial charge in [-0.2, -0.15) is 0 Å². The van der Waals surface area contributed by atoms with E-state index >= 15 is 0 Å². The smallest absolute Gasteiger partial charge is 0.310 e. The number of fused-ring (bicyclic) bond motifs is 1. The second-order valence-corrected chi connectivity index (χ2v) is 5.17. The average molecular weight is 260 g/mol. The number of aliphatic carboxylic acids is 1. The molecular formula is C15H20N2O2. The monoisotopic (exact) mass is 260 g/mol. The van der Waals surface area contributed by atoms with Crippen molar-refractivity contribution < 1.29 is 9.90 Å². The molecule has 2 N–H and O–H groups in total. The van der Waals surface area contributed by atoms with E-state index in [0.29, 0.717) is 19.3 Å². The van der Waals surface area contributed by atoms with Crippen molar-refractivity contribution in [3.63, 3.8) is 0 Å². The Hall–Kier alpha value is -1.84. The predicted octanol–water partition coefficient (Wildman–Crippen LogP) is 3.30. The van der Waals surface area contributed by atoms with Crippen LogP contribution in [0, 0.1) is 12.3 Å². The second-order valence-electron chi connectivity index (χ2n) is 5.17. The number of aryl methyl sites for hydroxylation is 1. The van der Waals surface area contributed by atoms with E-state index in [1.165, 1.54) is 0 Å². The Labute approximate surface area is 112 Å². The summed E-state index contributed by atoms with van der Waals surface area (Å²) >= 11 is 0. The molecule has 19 heavy (non-hydrogen) atoms. The SMILES string of the molecule is CCC(CC)(Cc1nc2ccc(C)cc2[nH]1)C(=O)O. The Kier molecular flexibility index (Phi) is 3.60. The summed E-state index contributed by atoms with van der Waals surface area (Å²) in [6.07, 6.45) is 1.66. The molecule has 0 saturated heterocycles. The Morgan fingerprint density at radius 2 is 2.05 bits per heavy atom. The lowest BCUT2D eigenvalue weighted by Gasteiger charge is -2.25. The van der Waals surface area contributed by atoms with Crippen LogP contribution in [0.5, 0.6) is 0 Å². The van der Waals surface area contributed by atoms with Gasteiger partial charge in [-0.3, -0.25) is 4.79 Å². The van der Waals surface area contributed by atoms with Crippen LogP contribution in [0.15, 0.2) is 18.2 Å². The number of carboxylic acids is 1. The van der Waals surface area contributed by atoms with Crippen molar-refractivity contribution in [2.24, 2.45) is 5.41 Å². The highest BCUT2D eigenvalue weighted by molar-refractivity contribution is 5.77. The van der Waals surface area contributed by atoms with E-state index in [4.69, 9.17) is 0 Å². The number of hydrogen-bond donors (Lipinski definition) is 2. The molecule has 0 amide bonds. The molecule has 1 aromatic carbocycles. The third-order valence-electron chi connectivity index (χ3n) is 4.00. The van der Waals surface area contributed by atoms with Crippen molar-refractivity contribution in [3.05, 3.63) is 29.6 Å². The van der Waals surface area contributed by atoms with Crippen molar-refractivity contribution in [1.29, 1.82) is 0 Å². The topological polar surface area (TPSA) is 66.0 Å². The van der Waals surface area contributed by atoms with Gasteiger partial charge in [0.15, 0.2) is 0 Å². The molecule has 0 aliphatic rings. The van der Waals surface area contributed by atoms with Crippen LogP contribution in [0.1, 0.15) is 38.1 Å². The molecule has 0 radical (unpaired) electrons. The number of H-pyrrole nitrogens is 1. The minimum absolute atomic E-state index is 0.447. The molecule has 4 heteroatoms. The van der Waals surface area contributed by atoms with E-state index in [1.807, 2.05) is 39.0 Å². The molecule has 0 aliphatic heterocycles. The van der Waals surface area contributed by atoms with Crippen molar-refractivity contribution in [3.8, 4) is 0 Å². The van der Waals surface area contributed by atoms with Gasteiger partial charge in [-0.05, 0) is 37.5 Å². The highest BCUT2D eigenvalue weighted by Gasteiger charge is 2.35. The lowest BCUT2D eigenvalue weighted by molar-refractivity contribution is -0.149. The van der Waals surface area contributed by atoms with Gasteiger partial charge in [0, 0.05) is 6.42 Å². The van der Waals surface area contributed by atoms with Crippen LogP contribution in [-0.2, 0) is 11.2 Å². The molecule has 0 unspecified atom stereocenters. The summed E-state index contributed by atoms with van der Waals surface area (Å²) in [5.74, 6) is 0.0147. The van der Waals surface area contributed by atoms with Gasteiger partial charge >= 0.3 is 5.97 Å². The van der Waals surface area contributed by atoms with Crippen LogP contribution in [0.2, 0.25) is 0 Å².